The van der Waals surface area contributed by atoms with Gasteiger partial charge in [0, 0.05) is 43.8 Å². The maximum atomic E-state index is 15.1. The van der Waals surface area contributed by atoms with Gasteiger partial charge in [-0.25, -0.2) is 4.39 Å². The molecule has 0 unspecified atom stereocenters. The molecule has 1 saturated carbocycles. The lowest BCUT2D eigenvalue weighted by atomic mass is 9.97. The molecule has 1 aliphatic carbocycles. The Hall–Kier alpha value is -3.05. The van der Waals surface area contributed by atoms with Gasteiger partial charge < -0.3 is 19.5 Å². The molecule has 1 amide bonds. The van der Waals surface area contributed by atoms with E-state index in [0.717, 1.165) is 42.9 Å². The number of carbonyl (C=O) groups is 2. The smallest absolute Gasteiger partial charge is 0.490 e. The van der Waals surface area contributed by atoms with E-state index in [2.05, 4.69) is 9.64 Å². The molecule has 0 radical (unpaired) electrons. The number of hydrogen-bond donors (Lipinski definition) is 1. The minimum Gasteiger partial charge on any atom is -0.490 e. The van der Waals surface area contributed by atoms with E-state index in [1.54, 1.807) is 11.0 Å². The topological polar surface area (TPSA) is 79.3 Å². The second-order valence-electron chi connectivity index (χ2n) is 10.2. The van der Waals surface area contributed by atoms with Crippen LogP contribution in [0.3, 0.4) is 0 Å². The molecule has 3 fully saturated rings. The van der Waals surface area contributed by atoms with E-state index >= 15 is 4.39 Å². The Morgan fingerprint density at radius 1 is 1.00 bits per heavy atom. The number of benzene rings is 2. The van der Waals surface area contributed by atoms with Gasteiger partial charge in [-0.3, -0.25) is 14.5 Å². The van der Waals surface area contributed by atoms with Crippen LogP contribution in [0.4, 0.5) is 17.6 Å². The first-order valence-corrected chi connectivity index (χ1v) is 13.6. The van der Waals surface area contributed by atoms with Crippen LogP contribution >= 0.6 is 11.6 Å². The minimum absolute atomic E-state index is 0.0930. The molecule has 7 nitrogen and oxygen atoms in total. The number of nitrogens with zero attached hydrogens (tertiary/aromatic N) is 2. The first-order chi connectivity index (χ1) is 19.1. The molecule has 5 rings (SSSR count). The van der Waals surface area contributed by atoms with Gasteiger partial charge in [0.25, 0.3) is 12.4 Å². The lowest BCUT2D eigenvalue weighted by Gasteiger charge is -2.33. The summed E-state index contributed by atoms with van der Waals surface area (Å²) in [6.07, 6.45) is 0.334. The van der Waals surface area contributed by atoms with E-state index in [4.69, 9.17) is 26.2 Å². The van der Waals surface area contributed by atoms with Crippen LogP contribution in [0.1, 0.15) is 65.9 Å². The fourth-order valence-electron chi connectivity index (χ4n) is 5.21. The predicted molar refractivity (Wildman–Crippen MR) is 139 cm³/mol. The molecule has 0 aromatic heterocycles. The summed E-state index contributed by atoms with van der Waals surface area (Å²) in [5, 5.41) is 6.98. The molecular weight excluding hydrogens is 556 g/mol. The Kier molecular flexibility index (Phi) is 9.78. The maximum absolute atomic E-state index is 15.1. The first kappa shape index (κ1) is 29.9. The molecular formula is C28H31ClF4N2O5. The van der Waals surface area contributed by atoms with Crippen molar-refractivity contribution >= 4 is 24.0 Å². The SMILES string of the molecule is O=C(c1cc(C2CC2)c(CN2CCC(Oc3cc(Cl)cc(OC(F)(F)F)c3)CC2)cc1F)N1CCCC1.O=CO. The number of amides is 1. The Balaban J connectivity index is 0.00000118. The van der Waals surface area contributed by atoms with Crippen molar-refractivity contribution in [2.45, 2.75) is 63.5 Å². The summed E-state index contributed by atoms with van der Waals surface area (Å²) < 4.78 is 62.7. The van der Waals surface area contributed by atoms with Crippen molar-refractivity contribution in [1.82, 2.24) is 9.80 Å². The van der Waals surface area contributed by atoms with Gasteiger partial charge >= 0.3 is 6.36 Å². The largest absolute Gasteiger partial charge is 0.573 e. The summed E-state index contributed by atoms with van der Waals surface area (Å²) in [4.78, 5) is 25.2. The summed E-state index contributed by atoms with van der Waals surface area (Å²) in [6, 6.07) is 7.05. The Morgan fingerprint density at radius 3 is 2.23 bits per heavy atom. The number of alkyl halides is 3. The van der Waals surface area contributed by atoms with E-state index in [1.807, 2.05) is 0 Å². The second kappa shape index (κ2) is 13.1. The van der Waals surface area contributed by atoms with Crippen LogP contribution in [0.15, 0.2) is 30.3 Å². The Bertz CT molecular complexity index is 1190. The minimum atomic E-state index is -4.81. The Labute approximate surface area is 234 Å². The standard InChI is InChI=1S/C27H29ClF4N2O3.CH2O2/c28-19-12-21(14-22(13-19)37-27(30,31)32)36-20-5-9-33(10-6-20)16-18-11-25(29)24(15-23(18)17-3-4-17)26(35)34-7-1-2-8-34;2-1-3/h11-15,17,20H,1-10,16H2;1H,(H,2,3). The highest BCUT2D eigenvalue weighted by Crippen LogP contribution is 2.43. The average Bonchev–Trinajstić information content (AvgIpc) is 3.56. The normalized spacial score (nSPS) is 18.2. The van der Waals surface area contributed by atoms with Crippen LogP contribution < -0.4 is 9.47 Å². The highest BCUT2D eigenvalue weighted by atomic mass is 35.5. The van der Waals surface area contributed by atoms with Crippen molar-refractivity contribution in [2.75, 3.05) is 26.2 Å². The molecule has 0 spiro atoms. The monoisotopic (exact) mass is 586 g/mol. The van der Waals surface area contributed by atoms with Crippen molar-refractivity contribution in [1.29, 1.82) is 0 Å². The van der Waals surface area contributed by atoms with E-state index in [1.165, 1.54) is 18.2 Å². The van der Waals surface area contributed by atoms with Gasteiger partial charge in [0.2, 0.25) is 0 Å². The van der Waals surface area contributed by atoms with Gasteiger partial charge in [-0.2, -0.15) is 0 Å². The summed E-state index contributed by atoms with van der Waals surface area (Å²) in [5.74, 6) is -0.508. The molecule has 2 saturated heterocycles. The third-order valence-electron chi connectivity index (χ3n) is 7.18. The molecule has 12 heteroatoms. The molecule has 2 heterocycles. The third kappa shape index (κ3) is 8.23. The molecule has 3 aliphatic rings. The fourth-order valence-corrected chi connectivity index (χ4v) is 5.43. The van der Waals surface area contributed by atoms with Gasteiger partial charge in [-0.15, -0.1) is 13.2 Å². The maximum Gasteiger partial charge on any atom is 0.573 e. The summed E-state index contributed by atoms with van der Waals surface area (Å²) in [7, 11) is 0. The zero-order chi connectivity index (χ0) is 28.9. The fraction of sp³-hybridized carbons (Fsp3) is 0.500. The predicted octanol–water partition coefficient (Wildman–Crippen LogP) is 6.24. The van der Waals surface area contributed by atoms with Crippen LogP contribution in [-0.4, -0.2) is 65.9 Å². The Morgan fingerprint density at radius 2 is 1.62 bits per heavy atom. The quantitative estimate of drug-likeness (QED) is 0.306. The number of hydrogen-bond acceptors (Lipinski definition) is 5. The number of likely N-dealkylation sites (tertiary alicyclic amines) is 2. The van der Waals surface area contributed by atoms with E-state index in [-0.39, 0.29) is 34.8 Å². The zero-order valence-electron chi connectivity index (χ0n) is 21.8. The molecule has 40 heavy (non-hydrogen) atoms. The number of rotatable bonds is 7. The van der Waals surface area contributed by atoms with Crippen molar-refractivity contribution in [3.05, 3.63) is 57.9 Å². The van der Waals surface area contributed by atoms with Crippen LogP contribution in [-0.2, 0) is 11.3 Å². The van der Waals surface area contributed by atoms with Crippen molar-refractivity contribution < 1.29 is 41.7 Å². The van der Waals surface area contributed by atoms with Crippen molar-refractivity contribution in [3.8, 4) is 11.5 Å². The lowest BCUT2D eigenvalue weighted by molar-refractivity contribution is -0.274. The van der Waals surface area contributed by atoms with Crippen LogP contribution in [0.5, 0.6) is 11.5 Å². The summed E-state index contributed by atoms with van der Waals surface area (Å²) >= 11 is 5.95. The van der Waals surface area contributed by atoms with E-state index < -0.39 is 17.9 Å². The molecule has 0 bridgehead atoms. The highest BCUT2D eigenvalue weighted by molar-refractivity contribution is 6.30. The molecule has 2 aliphatic heterocycles. The number of piperidine rings is 1. The average molecular weight is 587 g/mol. The lowest BCUT2D eigenvalue weighted by Crippen LogP contribution is -2.38. The van der Waals surface area contributed by atoms with Crippen molar-refractivity contribution in [3.63, 3.8) is 0 Å². The summed E-state index contributed by atoms with van der Waals surface area (Å²) in [6.45, 7) is 3.08. The number of halogens is 5. The number of carbonyl (C=O) groups excluding carboxylic acids is 1. The highest BCUT2D eigenvalue weighted by Gasteiger charge is 2.33. The number of ether oxygens (including phenoxy) is 2. The molecule has 2 aromatic rings. The molecule has 1 N–H and O–H groups in total. The van der Waals surface area contributed by atoms with E-state index in [9.17, 15) is 18.0 Å². The van der Waals surface area contributed by atoms with Gasteiger partial charge in [0.15, 0.2) is 0 Å². The molecule has 218 valence electrons. The first-order valence-electron chi connectivity index (χ1n) is 13.2. The number of carboxylic acid groups (broad SMARTS) is 1. The summed E-state index contributed by atoms with van der Waals surface area (Å²) in [5.41, 5.74) is 2.16. The van der Waals surface area contributed by atoms with Crippen LogP contribution in [0.25, 0.3) is 0 Å². The van der Waals surface area contributed by atoms with Gasteiger partial charge in [0.1, 0.15) is 23.4 Å². The second-order valence-corrected chi connectivity index (χ2v) is 10.6. The third-order valence-corrected chi connectivity index (χ3v) is 7.40. The van der Waals surface area contributed by atoms with Gasteiger partial charge in [-0.1, -0.05) is 11.6 Å². The van der Waals surface area contributed by atoms with Gasteiger partial charge in [-0.05, 0) is 79.8 Å². The van der Waals surface area contributed by atoms with Crippen molar-refractivity contribution in [2.24, 2.45) is 0 Å². The van der Waals surface area contributed by atoms with Gasteiger partial charge in [0.05, 0.1) is 5.56 Å². The van der Waals surface area contributed by atoms with Crippen LogP contribution in [0, 0.1) is 5.82 Å². The van der Waals surface area contributed by atoms with E-state index in [0.29, 0.717) is 51.5 Å². The van der Waals surface area contributed by atoms with Crippen LogP contribution in [0.2, 0.25) is 5.02 Å². The molecule has 0 atom stereocenters. The zero-order valence-corrected chi connectivity index (χ0v) is 22.5. The molecule has 2 aromatic carbocycles.